The van der Waals surface area contributed by atoms with E-state index in [-0.39, 0.29) is 0 Å². The van der Waals surface area contributed by atoms with Crippen molar-refractivity contribution in [3.05, 3.63) is 36.0 Å². The van der Waals surface area contributed by atoms with E-state index in [9.17, 15) is 0 Å². The zero-order chi connectivity index (χ0) is 12.1. The number of H-pyrrole nitrogens is 1. The van der Waals surface area contributed by atoms with Gasteiger partial charge in [0.15, 0.2) is 0 Å². The van der Waals surface area contributed by atoms with Crippen LogP contribution in [0.25, 0.3) is 10.9 Å². The monoisotopic (exact) mass is 226 g/mol. The van der Waals surface area contributed by atoms with Crippen molar-refractivity contribution < 1.29 is 0 Å². The summed E-state index contributed by atoms with van der Waals surface area (Å²) >= 11 is 0. The summed E-state index contributed by atoms with van der Waals surface area (Å²) < 4.78 is 0. The van der Waals surface area contributed by atoms with Crippen molar-refractivity contribution in [3.8, 4) is 12.3 Å². The van der Waals surface area contributed by atoms with Gasteiger partial charge in [0.2, 0.25) is 0 Å². The molecule has 88 valence electrons. The van der Waals surface area contributed by atoms with E-state index in [1.54, 1.807) is 0 Å². The first kappa shape index (κ1) is 11.8. The van der Waals surface area contributed by atoms with Crippen LogP contribution in [0.2, 0.25) is 0 Å². The first-order chi connectivity index (χ1) is 8.33. The number of aromatic amines is 1. The van der Waals surface area contributed by atoms with Gasteiger partial charge in [-0.1, -0.05) is 19.1 Å². The molecule has 1 unspecified atom stereocenters. The van der Waals surface area contributed by atoms with Crippen LogP contribution in [-0.2, 0) is 6.54 Å². The van der Waals surface area contributed by atoms with E-state index in [4.69, 9.17) is 6.42 Å². The fraction of sp³-hybridized carbons (Fsp3) is 0.333. The molecule has 0 bridgehead atoms. The number of fused-ring (bicyclic) bond motifs is 1. The predicted octanol–water partition coefficient (Wildman–Crippen LogP) is 3.06. The van der Waals surface area contributed by atoms with E-state index in [1.807, 2.05) is 6.20 Å². The third-order valence-corrected chi connectivity index (χ3v) is 3.07. The van der Waals surface area contributed by atoms with Gasteiger partial charge in [0.05, 0.1) is 0 Å². The van der Waals surface area contributed by atoms with Gasteiger partial charge in [-0.15, -0.1) is 12.3 Å². The first-order valence-electron chi connectivity index (χ1n) is 6.06. The molecule has 1 heterocycles. The van der Waals surface area contributed by atoms with Crippen molar-refractivity contribution in [2.45, 2.75) is 32.4 Å². The Balaban J connectivity index is 2.00. The highest BCUT2D eigenvalue weighted by Gasteiger charge is 2.04. The maximum Gasteiger partial charge on any atom is 0.0457 e. The number of aromatic nitrogens is 1. The minimum absolute atomic E-state index is 0.416. The Labute approximate surface area is 102 Å². The lowest BCUT2D eigenvalue weighted by molar-refractivity contribution is 0.507. The van der Waals surface area contributed by atoms with E-state index in [2.05, 4.69) is 47.4 Å². The standard InChI is InChI=1S/C15H18N2/c1-3-5-14(4-2)17-11-12-6-7-13-8-9-16-15(13)10-12/h1,6-10,14,16-17H,4-5,11H2,2H3. The molecule has 0 amide bonds. The molecule has 1 atom stereocenters. The summed E-state index contributed by atoms with van der Waals surface area (Å²) in [6, 6.07) is 8.99. The second-order valence-electron chi connectivity index (χ2n) is 4.29. The molecule has 0 aliphatic rings. The van der Waals surface area contributed by atoms with Crippen LogP contribution in [0, 0.1) is 12.3 Å². The second-order valence-corrected chi connectivity index (χ2v) is 4.29. The third-order valence-electron chi connectivity index (χ3n) is 3.07. The number of terminal acetylenes is 1. The minimum Gasteiger partial charge on any atom is -0.361 e. The van der Waals surface area contributed by atoms with Gasteiger partial charge in [0.1, 0.15) is 0 Å². The van der Waals surface area contributed by atoms with Crippen molar-refractivity contribution in [1.82, 2.24) is 10.3 Å². The average Bonchev–Trinajstić information content (AvgIpc) is 2.81. The molecule has 0 saturated carbocycles. The molecule has 17 heavy (non-hydrogen) atoms. The largest absolute Gasteiger partial charge is 0.361 e. The second kappa shape index (κ2) is 5.56. The molecule has 2 nitrogen and oxygen atoms in total. The molecular weight excluding hydrogens is 208 g/mol. The summed E-state index contributed by atoms with van der Waals surface area (Å²) in [6.45, 7) is 3.03. The Bertz CT molecular complexity index is 519. The molecule has 0 radical (unpaired) electrons. The molecule has 2 aromatic rings. The summed E-state index contributed by atoms with van der Waals surface area (Å²) in [5.41, 5.74) is 2.48. The SMILES string of the molecule is C#CCC(CC)NCc1ccc2cc[nH]c2c1. The minimum atomic E-state index is 0.416. The van der Waals surface area contributed by atoms with Crippen molar-refractivity contribution in [2.24, 2.45) is 0 Å². The van der Waals surface area contributed by atoms with Gasteiger partial charge >= 0.3 is 0 Å². The summed E-state index contributed by atoms with van der Waals surface area (Å²) in [6.07, 6.45) is 9.16. The van der Waals surface area contributed by atoms with Crippen LogP contribution < -0.4 is 5.32 Å². The van der Waals surface area contributed by atoms with E-state index in [1.165, 1.54) is 16.5 Å². The molecule has 2 N–H and O–H groups in total. The molecular formula is C15H18N2. The number of benzene rings is 1. The van der Waals surface area contributed by atoms with E-state index < -0.39 is 0 Å². The molecule has 0 saturated heterocycles. The Morgan fingerprint density at radius 3 is 3.06 bits per heavy atom. The Morgan fingerprint density at radius 2 is 2.29 bits per heavy atom. The maximum atomic E-state index is 5.34. The zero-order valence-electron chi connectivity index (χ0n) is 10.2. The molecule has 2 heteroatoms. The maximum absolute atomic E-state index is 5.34. The molecule has 0 fully saturated rings. The van der Waals surface area contributed by atoms with E-state index in [0.717, 1.165) is 19.4 Å². The van der Waals surface area contributed by atoms with Crippen LogP contribution in [0.5, 0.6) is 0 Å². The van der Waals surface area contributed by atoms with E-state index in [0.29, 0.717) is 6.04 Å². The molecule has 0 aliphatic heterocycles. The van der Waals surface area contributed by atoms with Crippen LogP contribution in [0.3, 0.4) is 0 Å². The third kappa shape index (κ3) is 2.89. The number of hydrogen-bond donors (Lipinski definition) is 2. The molecule has 0 spiro atoms. The van der Waals surface area contributed by atoms with Crippen LogP contribution in [0.1, 0.15) is 25.3 Å². The highest BCUT2D eigenvalue weighted by Crippen LogP contribution is 2.14. The average molecular weight is 226 g/mol. The van der Waals surface area contributed by atoms with Crippen molar-refractivity contribution in [2.75, 3.05) is 0 Å². The lowest BCUT2D eigenvalue weighted by Crippen LogP contribution is -2.27. The molecule has 1 aromatic carbocycles. The van der Waals surface area contributed by atoms with Gasteiger partial charge in [-0.05, 0) is 29.5 Å². The summed E-state index contributed by atoms with van der Waals surface area (Å²) in [5.74, 6) is 2.71. The summed E-state index contributed by atoms with van der Waals surface area (Å²) in [5, 5.41) is 4.74. The normalized spacial score (nSPS) is 12.5. The molecule has 2 rings (SSSR count). The van der Waals surface area contributed by atoms with Crippen LogP contribution in [-0.4, -0.2) is 11.0 Å². The lowest BCUT2D eigenvalue weighted by atomic mass is 10.1. The van der Waals surface area contributed by atoms with Gasteiger partial charge in [-0.25, -0.2) is 0 Å². The molecule has 1 aromatic heterocycles. The Kier molecular flexibility index (Phi) is 3.85. The fourth-order valence-corrected chi connectivity index (χ4v) is 1.97. The zero-order valence-corrected chi connectivity index (χ0v) is 10.2. The number of rotatable bonds is 5. The Morgan fingerprint density at radius 1 is 1.41 bits per heavy atom. The van der Waals surface area contributed by atoms with Gasteiger partial charge < -0.3 is 10.3 Å². The topological polar surface area (TPSA) is 27.8 Å². The highest BCUT2D eigenvalue weighted by atomic mass is 14.9. The fourth-order valence-electron chi connectivity index (χ4n) is 1.97. The molecule has 0 aliphatic carbocycles. The van der Waals surface area contributed by atoms with Crippen LogP contribution in [0.4, 0.5) is 0 Å². The number of hydrogen-bond acceptors (Lipinski definition) is 1. The quantitative estimate of drug-likeness (QED) is 0.753. The summed E-state index contributed by atoms with van der Waals surface area (Å²) in [4.78, 5) is 3.23. The Hall–Kier alpha value is -1.72. The van der Waals surface area contributed by atoms with Crippen LogP contribution in [0.15, 0.2) is 30.5 Å². The smallest absolute Gasteiger partial charge is 0.0457 e. The predicted molar refractivity (Wildman–Crippen MR) is 72.7 cm³/mol. The summed E-state index contributed by atoms with van der Waals surface area (Å²) in [7, 11) is 0. The van der Waals surface area contributed by atoms with Crippen molar-refractivity contribution in [3.63, 3.8) is 0 Å². The van der Waals surface area contributed by atoms with Gasteiger partial charge in [0.25, 0.3) is 0 Å². The van der Waals surface area contributed by atoms with Crippen molar-refractivity contribution in [1.29, 1.82) is 0 Å². The first-order valence-corrected chi connectivity index (χ1v) is 6.06. The van der Waals surface area contributed by atoms with Crippen LogP contribution >= 0.6 is 0 Å². The van der Waals surface area contributed by atoms with Crippen molar-refractivity contribution >= 4 is 10.9 Å². The lowest BCUT2D eigenvalue weighted by Gasteiger charge is -2.14. The van der Waals surface area contributed by atoms with E-state index >= 15 is 0 Å². The van der Waals surface area contributed by atoms with Gasteiger partial charge in [-0.3, -0.25) is 0 Å². The van der Waals surface area contributed by atoms with Gasteiger partial charge in [-0.2, -0.15) is 0 Å². The van der Waals surface area contributed by atoms with Gasteiger partial charge in [0, 0.05) is 30.7 Å². The highest BCUT2D eigenvalue weighted by molar-refractivity contribution is 5.79. The number of nitrogens with one attached hydrogen (secondary N) is 2.